The van der Waals surface area contributed by atoms with Gasteiger partial charge in [0.15, 0.2) is 0 Å². The van der Waals surface area contributed by atoms with E-state index in [-0.39, 0.29) is 0 Å². The molecule has 0 unspecified atom stereocenters. The number of rotatable bonds is 7. The van der Waals surface area contributed by atoms with Crippen LogP contribution in [0.5, 0.6) is 0 Å². The molecule has 3 rings (SSSR count). The lowest BCUT2D eigenvalue weighted by Gasteiger charge is -2.32. The van der Waals surface area contributed by atoms with E-state index in [9.17, 15) is 0 Å². The van der Waals surface area contributed by atoms with Gasteiger partial charge in [0, 0.05) is 32.6 Å². The molecule has 0 spiro atoms. The van der Waals surface area contributed by atoms with Crippen LogP contribution < -0.4 is 0 Å². The third kappa shape index (κ3) is 4.71. The van der Waals surface area contributed by atoms with E-state index in [1.165, 1.54) is 43.9 Å². The van der Waals surface area contributed by atoms with Gasteiger partial charge in [0.2, 0.25) is 0 Å². The van der Waals surface area contributed by atoms with Crippen molar-refractivity contribution in [1.82, 2.24) is 24.6 Å². The van der Waals surface area contributed by atoms with Gasteiger partial charge < -0.3 is 14.2 Å². The number of likely N-dealkylation sites (tertiary alicyclic amines) is 1. The van der Waals surface area contributed by atoms with Gasteiger partial charge in [0.05, 0.1) is 19.8 Å². The summed E-state index contributed by atoms with van der Waals surface area (Å²) in [5.74, 6) is 4.05. The monoisotopic (exact) mass is 353 g/mol. The Labute approximate surface area is 149 Å². The highest BCUT2D eigenvalue weighted by molar-refractivity contribution is 7.98. The number of nitrogens with zero attached hydrogens (tertiary/aromatic N) is 5. The molecule has 1 aromatic rings. The van der Waals surface area contributed by atoms with Gasteiger partial charge in [0.1, 0.15) is 11.6 Å². The molecule has 0 saturated carbocycles. The van der Waals surface area contributed by atoms with Crippen molar-refractivity contribution in [1.29, 1.82) is 0 Å². The molecule has 0 N–H and O–H groups in total. The highest BCUT2D eigenvalue weighted by atomic mass is 32.2. The summed E-state index contributed by atoms with van der Waals surface area (Å²) in [4.78, 5) is 5.02. The zero-order valence-corrected chi connectivity index (χ0v) is 15.9. The number of hydrogen-bond donors (Lipinski definition) is 0. The molecule has 0 amide bonds. The quantitative estimate of drug-likeness (QED) is 0.694. The lowest BCUT2D eigenvalue weighted by molar-refractivity contribution is 0.0326. The molecule has 2 saturated heterocycles. The van der Waals surface area contributed by atoms with Crippen LogP contribution in [0, 0.1) is 0 Å². The molecule has 7 heteroatoms. The van der Waals surface area contributed by atoms with E-state index in [4.69, 9.17) is 4.74 Å². The molecule has 0 aliphatic carbocycles. The minimum atomic E-state index is 0.531. The summed E-state index contributed by atoms with van der Waals surface area (Å²) in [5.41, 5.74) is 0. The number of hydrogen-bond acceptors (Lipinski definition) is 6. The highest BCUT2D eigenvalue weighted by Crippen LogP contribution is 2.26. The average molecular weight is 354 g/mol. The van der Waals surface area contributed by atoms with Crippen LogP contribution in [-0.4, -0.2) is 82.5 Å². The van der Waals surface area contributed by atoms with Gasteiger partial charge in [-0.15, -0.1) is 10.2 Å². The third-order valence-corrected chi connectivity index (χ3v) is 5.86. The van der Waals surface area contributed by atoms with E-state index >= 15 is 0 Å². The number of thioether (sulfide) groups is 1. The minimum Gasteiger partial charge on any atom is -0.379 e. The fourth-order valence-corrected chi connectivity index (χ4v) is 4.15. The Hall–Kier alpha value is -0.630. The van der Waals surface area contributed by atoms with Gasteiger partial charge in [-0.2, -0.15) is 11.8 Å². The van der Waals surface area contributed by atoms with Gasteiger partial charge in [0.25, 0.3) is 0 Å². The molecular weight excluding hydrogens is 322 g/mol. The first kappa shape index (κ1) is 18.2. The lowest BCUT2D eigenvalue weighted by atomic mass is 9.97. The van der Waals surface area contributed by atoms with Crippen molar-refractivity contribution in [3.8, 4) is 0 Å². The third-order valence-electron chi connectivity index (χ3n) is 5.16. The summed E-state index contributed by atoms with van der Waals surface area (Å²) >= 11 is 1.94. The van der Waals surface area contributed by atoms with Crippen LogP contribution in [0.2, 0.25) is 0 Å². The van der Waals surface area contributed by atoms with Crippen LogP contribution in [0.25, 0.3) is 0 Å². The van der Waals surface area contributed by atoms with Gasteiger partial charge in [-0.1, -0.05) is 0 Å². The van der Waals surface area contributed by atoms with Crippen LogP contribution >= 0.6 is 11.8 Å². The number of morpholine rings is 1. The second-order valence-electron chi connectivity index (χ2n) is 6.91. The summed E-state index contributed by atoms with van der Waals surface area (Å²) < 4.78 is 7.67. The molecule has 3 heterocycles. The average Bonchev–Trinajstić information content (AvgIpc) is 2.97. The number of aromatic nitrogens is 3. The molecule has 0 bridgehead atoms. The summed E-state index contributed by atoms with van der Waals surface area (Å²) in [6.45, 7) is 8.13. The van der Waals surface area contributed by atoms with Gasteiger partial charge >= 0.3 is 0 Å². The second kappa shape index (κ2) is 9.17. The van der Waals surface area contributed by atoms with Gasteiger partial charge in [-0.3, -0.25) is 4.90 Å². The number of ether oxygens (including phenoxy) is 1. The fourth-order valence-electron chi connectivity index (χ4n) is 3.73. The van der Waals surface area contributed by atoms with E-state index in [1.54, 1.807) is 0 Å². The maximum atomic E-state index is 5.43. The normalized spacial score (nSPS) is 23.7. The summed E-state index contributed by atoms with van der Waals surface area (Å²) in [5, 5.41) is 9.05. The second-order valence-corrected chi connectivity index (χ2v) is 7.89. The molecule has 0 radical (unpaired) electrons. The molecule has 2 aliphatic heterocycles. The zero-order valence-electron chi connectivity index (χ0n) is 15.1. The molecule has 24 heavy (non-hydrogen) atoms. The highest BCUT2D eigenvalue weighted by Gasteiger charge is 2.26. The molecule has 136 valence electrons. The predicted octanol–water partition coefficient (Wildman–Crippen LogP) is 1.58. The first-order valence-corrected chi connectivity index (χ1v) is 10.6. The van der Waals surface area contributed by atoms with Crippen LogP contribution in [-0.2, 0) is 18.3 Å². The lowest BCUT2D eigenvalue weighted by Crippen LogP contribution is -2.37. The van der Waals surface area contributed by atoms with Gasteiger partial charge in [-0.05, 0) is 44.4 Å². The number of piperidine rings is 1. The Morgan fingerprint density at radius 3 is 2.79 bits per heavy atom. The Morgan fingerprint density at radius 1 is 1.17 bits per heavy atom. The first-order valence-electron chi connectivity index (χ1n) is 9.17. The van der Waals surface area contributed by atoms with Crippen molar-refractivity contribution in [3.05, 3.63) is 11.6 Å². The molecule has 2 aliphatic rings. The maximum Gasteiger partial charge on any atom is 0.146 e. The van der Waals surface area contributed by atoms with E-state index < -0.39 is 0 Å². The van der Waals surface area contributed by atoms with Crippen LogP contribution in [0.4, 0.5) is 0 Å². The van der Waals surface area contributed by atoms with Crippen LogP contribution in [0.3, 0.4) is 0 Å². The molecular formula is C17H31N5OS. The van der Waals surface area contributed by atoms with Crippen LogP contribution in [0.15, 0.2) is 0 Å². The van der Waals surface area contributed by atoms with E-state index in [0.29, 0.717) is 5.92 Å². The smallest absolute Gasteiger partial charge is 0.146 e. The Balaban J connectivity index is 1.57. The topological polar surface area (TPSA) is 46.4 Å². The minimum absolute atomic E-state index is 0.531. The predicted molar refractivity (Wildman–Crippen MR) is 98.5 cm³/mol. The summed E-state index contributed by atoms with van der Waals surface area (Å²) in [7, 11) is 2.14. The van der Waals surface area contributed by atoms with Crippen molar-refractivity contribution in [2.75, 3.05) is 57.9 Å². The molecule has 1 aromatic heterocycles. The molecule has 2 fully saturated rings. The Morgan fingerprint density at radius 2 is 2.00 bits per heavy atom. The van der Waals surface area contributed by atoms with E-state index in [1.807, 2.05) is 11.8 Å². The van der Waals surface area contributed by atoms with Gasteiger partial charge in [-0.25, -0.2) is 0 Å². The van der Waals surface area contributed by atoms with Crippen molar-refractivity contribution >= 4 is 11.8 Å². The zero-order chi connectivity index (χ0) is 16.8. The maximum absolute atomic E-state index is 5.43. The molecule has 6 nitrogen and oxygen atoms in total. The van der Waals surface area contributed by atoms with E-state index in [0.717, 1.165) is 45.2 Å². The van der Waals surface area contributed by atoms with E-state index in [2.05, 4.69) is 37.9 Å². The van der Waals surface area contributed by atoms with Crippen molar-refractivity contribution in [3.63, 3.8) is 0 Å². The Bertz CT molecular complexity index is 503. The molecule has 1 atom stereocenters. The molecule has 0 aromatic carbocycles. The SMILES string of the molecule is CSCCCN1CCC[C@H](c2nnc(CN3CCOCC3)n2C)C1. The van der Waals surface area contributed by atoms with Crippen molar-refractivity contribution < 1.29 is 4.74 Å². The van der Waals surface area contributed by atoms with Crippen LogP contribution in [0.1, 0.15) is 36.8 Å². The first-order chi connectivity index (χ1) is 11.8. The standard InChI is InChI=1S/C17H31N5OS/c1-20-16(14-22-8-10-23-11-9-22)18-19-17(20)15-5-3-6-21(13-15)7-4-12-24-2/h15H,3-14H2,1-2H3/t15-/m0/s1. The largest absolute Gasteiger partial charge is 0.379 e. The fraction of sp³-hybridized carbons (Fsp3) is 0.882. The van der Waals surface area contributed by atoms with Crippen molar-refractivity contribution in [2.45, 2.75) is 31.7 Å². The summed E-state index contributed by atoms with van der Waals surface area (Å²) in [6.07, 6.45) is 5.99. The van der Waals surface area contributed by atoms with Crippen molar-refractivity contribution in [2.24, 2.45) is 7.05 Å². The summed E-state index contributed by atoms with van der Waals surface area (Å²) in [6, 6.07) is 0. The Kier molecular flexibility index (Phi) is 6.95.